The van der Waals surface area contributed by atoms with Crippen LogP contribution in [0.4, 0.5) is 4.39 Å². The lowest BCUT2D eigenvalue weighted by atomic mass is 9.90. The first kappa shape index (κ1) is 27.2. The molecule has 0 spiro atoms. The van der Waals surface area contributed by atoms with Crippen molar-refractivity contribution in [1.82, 2.24) is 15.5 Å². The molecule has 4 rings (SSSR count). The summed E-state index contributed by atoms with van der Waals surface area (Å²) in [4.78, 5) is 27.9. The second-order valence-electron chi connectivity index (χ2n) is 9.57. The van der Waals surface area contributed by atoms with E-state index in [0.29, 0.717) is 39.0 Å². The highest BCUT2D eigenvalue weighted by Gasteiger charge is 2.32. The van der Waals surface area contributed by atoms with Gasteiger partial charge in [0.2, 0.25) is 11.8 Å². The van der Waals surface area contributed by atoms with Gasteiger partial charge in [-0.05, 0) is 54.3 Å². The minimum absolute atomic E-state index is 0.0392. The molecule has 2 atom stereocenters. The van der Waals surface area contributed by atoms with E-state index in [1.54, 1.807) is 18.2 Å². The van der Waals surface area contributed by atoms with Crippen molar-refractivity contribution in [2.45, 2.75) is 30.8 Å². The Labute approximate surface area is 223 Å². The molecular formula is C31H35FN4O2. The van der Waals surface area contributed by atoms with E-state index in [4.69, 9.17) is 5.73 Å². The number of nitrogens with zero attached hydrogens (tertiary/aromatic N) is 1. The Kier molecular flexibility index (Phi) is 9.78. The number of amides is 2. The molecule has 2 amide bonds. The van der Waals surface area contributed by atoms with Gasteiger partial charge in [0.1, 0.15) is 5.82 Å². The van der Waals surface area contributed by atoms with E-state index in [-0.39, 0.29) is 29.6 Å². The maximum Gasteiger partial charge on any atom is 0.244 e. The van der Waals surface area contributed by atoms with E-state index < -0.39 is 6.04 Å². The topological polar surface area (TPSA) is 87.5 Å². The molecule has 3 aromatic rings. The first-order valence-electron chi connectivity index (χ1n) is 13.1. The van der Waals surface area contributed by atoms with Crippen molar-refractivity contribution in [2.24, 2.45) is 5.73 Å². The van der Waals surface area contributed by atoms with Crippen LogP contribution in [0.3, 0.4) is 0 Å². The average molecular weight is 515 g/mol. The summed E-state index contributed by atoms with van der Waals surface area (Å²) in [5.74, 6) is -0.474. The number of benzene rings is 3. The van der Waals surface area contributed by atoms with Crippen LogP contribution >= 0.6 is 0 Å². The summed E-state index contributed by atoms with van der Waals surface area (Å²) in [5, 5.41) is 6.36. The summed E-state index contributed by atoms with van der Waals surface area (Å²) < 4.78 is 13.1. The van der Waals surface area contributed by atoms with Crippen LogP contribution in [-0.4, -0.2) is 55.0 Å². The molecule has 0 bridgehead atoms. The van der Waals surface area contributed by atoms with E-state index in [2.05, 4.69) is 34.9 Å². The number of hydrogen-bond acceptors (Lipinski definition) is 4. The van der Waals surface area contributed by atoms with Crippen molar-refractivity contribution in [3.63, 3.8) is 0 Å². The summed E-state index contributed by atoms with van der Waals surface area (Å²) in [6.45, 7) is 1.91. The van der Waals surface area contributed by atoms with Gasteiger partial charge < -0.3 is 21.3 Å². The monoisotopic (exact) mass is 514 g/mol. The van der Waals surface area contributed by atoms with Crippen molar-refractivity contribution in [2.75, 3.05) is 26.2 Å². The standard InChI is InChI=1S/C31H35FN4O2/c32-26-14-11-23(12-15-26)13-16-30(37)34-21-27-18-20-36(31(38)29(35-27)17-19-33)22-28(24-7-3-1-4-8-24)25-9-5-2-6-10-25/h1-16,27-29,35H,17-22,33H2,(H,34,37)/b16-13+. The van der Waals surface area contributed by atoms with Crippen molar-refractivity contribution in [3.8, 4) is 0 Å². The van der Waals surface area contributed by atoms with Gasteiger partial charge in [-0.1, -0.05) is 72.8 Å². The van der Waals surface area contributed by atoms with Crippen molar-refractivity contribution in [1.29, 1.82) is 0 Å². The summed E-state index contributed by atoms with van der Waals surface area (Å²) >= 11 is 0. The normalized spacial score (nSPS) is 18.1. The van der Waals surface area contributed by atoms with Crippen LogP contribution in [0.2, 0.25) is 0 Å². The van der Waals surface area contributed by atoms with E-state index in [0.717, 1.165) is 16.7 Å². The second kappa shape index (κ2) is 13.7. The minimum Gasteiger partial charge on any atom is -0.351 e. The van der Waals surface area contributed by atoms with Crippen molar-refractivity contribution in [3.05, 3.63) is 114 Å². The molecule has 1 heterocycles. The van der Waals surface area contributed by atoms with E-state index in [9.17, 15) is 14.0 Å². The molecule has 0 saturated carbocycles. The van der Waals surface area contributed by atoms with E-state index >= 15 is 0 Å². The first-order chi connectivity index (χ1) is 18.5. The van der Waals surface area contributed by atoms with Crippen LogP contribution in [0, 0.1) is 5.82 Å². The zero-order chi connectivity index (χ0) is 26.7. The van der Waals surface area contributed by atoms with E-state index in [1.165, 1.54) is 18.2 Å². The molecule has 1 fully saturated rings. The van der Waals surface area contributed by atoms with Gasteiger partial charge in [0.05, 0.1) is 6.04 Å². The van der Waals surface area contributed by atoms with Crippen LogP contribution in [0.5, 0.6) is 0 Å². The van der Waals surface area contributed by atoms with Gasteiger partial charge in [-0.2, -0.15) is 0 Å². The lowest BCUT2D eigenvalue weighted by Gasteiger charge is -2.29. The molecule has 2 unspecified atom stereocenters. The Morgan fingerprint density at radius 3 is 2.26 bits per heavy atom. The fourth-order valence-electron chi connectivity index (χ4n) is 4.82. The fourth-order valence-corrected chi connectivity index (χ4v) is 4.82. The number of halogens is 1. The molecule has 1 aliphatic rings. The van der Waals surface area contributed by atoms with Gasteiger partial charge in [-0.15, -0.1) is 0 Å². The second-order valence-corrected chi connectivity index (χ2v) is 9.57. The maximum absolute atomic E-state index is 13.6. The van der Waals surface area contributed by atoms with Crippen LogP contribution in [0.25, 0.3) is 6.08 Å². The zero-order valence-corrected chi connectivity index (χ0v) is 21.4. The molecule has 1 aliphatic heterocycles. The highest BCUT2D eigenvalue weighted by atomic mass is 19.1. The van der Waals surface area contributed by atoms with Gasteiger partial charge in [0.25, 0.3) is 0 Å². The predicted molar refractivity (Wildman–Crippen MR) is 149 cm³/mol. The molecular weight excluding hydrogens is 479 g/mol. The smallest absolute Gasteiger partial charge is 0.244 e. The van der Waals surface area contributed by atoms with Crippen LogP contribution in [0.1, 0.15) is 35.4 Å². The Morgan fingerprint density at radius 1 is 1.03 bits per heavy atom. The van der Waals surface area contributed by atoms with Gasteiger partial charge in [-0.3, -0.25) is 9.59 Å². The minimum atomic E-state index is -0.411. The van der Waals surface area contributed by atoms with Crippen molar-refractivity contribution < 1.29 is 14.0 Å². The maximum atomic E-state index is 13.6. The number of hydrogen-bond donors (Lipinski definition) is 3. The predicted octanol–water partition coefficient (Wildman–Crippen LogP) is 3.70. The first-order valence-corrected chi connectivity index (χ1v) is 13.1. The van der Waals surface area contributed by atoms with Gasteiger partial charge in [-0.25, -0.2) is 4.39 Å². The van der Waals surface area contributed by atoms with Crippen molar-refractivity contribution >= 4 is 17.9 Å². The average Bonchev–Trinajstić information content (AvgIpc) is 3.09. The third-order valence-electron chi connectivity index (χ3n) is 6.88. The fraction of sp³-hybridized carbons (Fsp3) is 0.290. The highest BCUT2D eigenvalue weighted by molar-refractivity contribution is 5.91. The molecule has 38 heavy (non-hydrogen) atoms. The summed E-state index contributed by atoms with van der Waals surface area (Å²) in [6, 6.07) is 26.0. The molecule has 7 heteroatoms. The lowest BCUT2D eigenvalue weighted by Crippen LogP contribution is -2.49. The number of nitrogens with one attached hydrogen (secondary N) is 2. The Balaban J connectivity index is 1.42. The summed E-state index contributed by atoms with van der Waals surface area (Å²) in [7, 11) is 0. The lowest BCUT2D eigenvalue weighted by molar-refractivity contribution is -0.133. The SMILES string of the molecule is NCCC1NC(CNC(=O)/C=C/c2ccc(F)cc2)CCN(CC(c2ccccc2)c2ccccc2)C1=O. The number of rotatable bonds is 10. The largest absolute Gasteiger partial charge is 0.351 e. The Bertz CT molecular complexity index is 1160. The number of nitrogens with two attached hydrogens (primary N) is 1. The van der Waals surface area contributed by atoms with Crippen LogP contribution in [0.15, 0.2) is 91.0 Å². The molecule has 1 saturated heterocycles. The zero-order valence-electron chi connectivity index (χ0n) is 21.4. The van der Waals surface area contributed by atoms with Crippen LogP contribution < -0.4 is 16.4 Å². The molecule has 0 aliphatic carbocycles. The molecule has 0 radical (unpaired) electrons. The number of carbonyl (C=O) groups excluding carboxylic acids is 2. The van der Waals surface area contributed by atoms with Gasteiger partial charge >= 0.3 is 0 Å². The van der Waals surface area contributed by atoms with E-state index in [1.807, 2.05) is 41.3 Å². The Morgan fingerprint density at radius 2 is 1.66 bits per heavy atom. The highest BCUT2D eigenvalue weighted by Crippen LogP contribution is 2.27. The number of carbonyl (C=O) groups is 2. The summed E-state index contributed by atoms with van der Waals surface area (Å²) in [6.07, 6.45) is 4.30. The van der Waals surface area contributed by atoms with Gasteiger partial charge in [0.15, 0.2) is 0 Å². The summed E-state index contributed by atoms with van der Waals surface area (Å²) in [5.41, 5.74) is 8.93. The molecule has 3 aromatic carbocycles. The quantitative estimate of drug-likeness (QED) is 0.360. The third-order valence-corrected chi connectivity index (χ3v) is 6.88. The molecule has 4 N–H and O–H groups in total. The van der Waals surface area contributed by atoms with Gasteiger partial charge in [0, 0.05) is 37.7 Å². The third kappa shape index (κ3) is 7.60. The molecule has 6 nitrogen and oxygen atoms in total. The molecule has 198 valence electrons. The molecule has 0 aromatic heterocycles. The Hall–Kier alpha value is -3.81. The van der Waals surface area contributed by atoms with Crippen LogP contribution in [-0.2, 0) is 9.59 Å².